The summed E-state index contributed by atoms with van der Waals surface area (Å²) in [7, 11) is -2.17. The van der Waals surface area contributed by atoms with Crippen molar-refractivity contribution in [3.05, 3.63) is 24.3 Å². The number of ether oxygens (including phenoxy) is 1. The lowest BCUT2D eigenvalue weighted by atomic mass is 10.1. The van der Waals surface area contributed by atoms with Gasteiger partial charge in [0.25, 0.3) is 0 Å². The van der Waals surface area contributed by atoms with Gasteiger partial charge in [-0.05, 0) is 45.0 Å². The largest absolute Gasteiger partial charge is 0.497 e. The number of nitrogens with one attached hydrogen (secondary N) is 2. The van der Waals surface area contributed by atoms with Crippen molar-refractivity contribution in [1.82, 2.24) is 19.8 Å². The number of rotatable bonds is 8. The molecule has 1 heterocycles. The van der Waals surface area contributed by atoms with Gasteiger partial charge in [0, 0.05) is 44.7 Å². The Kier molecular flexibility index (Phi) is 8.22. The van der Waals surface area contributed by atoms with E-state index in [1.54, 1.807) is 17.0 Å². The minimum atomic E-state index is -3.68. The normalized spacial score (nSPS) is 15.7. The molecule has 0 radical (unpaired) electrons. The summed E-state index contributed by atoms with van der Waals surface area (Å²) in [5.74, 6) is 0.431. The van der Waals surface area contributed by atoms with Crippen molar-refractivity contribution >= 4 is 21.8 Å². The second kappa shape index (κ2) is 10.2. The summed E-state index contributed by atoms with van der Waals surface area (Å²) in [5.41, 5.74) is -0.270. The lowest BCUT2D eigenvalue weighted by molar-refractivity contribution is -0.133. The maximum atomic E-state index is 12.4. The molecule has 2 N–H and O–H groups in total. The molecule has 0 unspecified atom stereocenters. The fourth-order valence-electron chi connectivity index (χ4n) is 3.10. The highest BCUT2D eigenvalue weighted by atomic mass is 32.2. The number of carbonyl (C=O) groups is 2. The highest BCUT2D eigenvalue weighted by Crippen LogP contribution is 2.15. The molecule has 30 heavy (non-hydrogen) atoms. The van der Waals surface area contributed by atoms with Crippen molar-refractivity contribution in [2.45, 2.75) is 37.6 Å². The van der Waals surface area contributed by atoms with Gasteiger partial charge in [-0.25, -0.2) is 13.1 Å². The van der Waals surface area contributed by atoms with Crippen molar-refractivity contribution in [2.24, 2.45) is 0 Å². The van der Waals surface area contributed by atoms with Gasteiger partial charge in [0.2, 0.25) is 21.8 Å². The molecule has 2 amide bonds. The Balaban J connectivity index is 1.73. The van der Waals surface area contributed by atoms with E-state index in [1.165, 1.54) is 19.2 Å². The standard InChI is InChI=1S/C20H32N4O5S/c1-20(2,3)22-18(25)15-23-11-13-24(14-12-23)19(26)9-10-21-30(27,28)17-7-5-16(29-4)6-8-17/h5-8,21H,9-15H2,1-4H3,(H,22,25). The summed E-state index contributed by atoms with van der Waals surface area (Å²) in [4.78, 5) is 28.3. The van der Waals surface area contributed by atoms with E-state index in [2.05, 4.69) is 10.0 Å². The first kappa shape index (κ1) is 24.1. The molecule has 1 aromatic carbocycles. The van der Waals surface area contributed by atoms with Gasteiger partial charge in [0.1, 0.15) is 5.75 Å². The molecule has 1 saturated heterocycles. The monoisotopic (exact) mass is 440 g/mol. The summed E-state index contributed by atoms with van der Waals surface area (Å²) < 4.78 is 32.1. The molecule has 0 saturated carbocycles. The molecule has 0 aliphatic carbocycles. The molecule has 2 rings (SSSR count). The minimum absolute atomic E-state index is 0.0292. The van der Waals surface area contributed by atoms with E-state index in [-0.39, 0.29) is 35.2 Å². The Bertz CT molecular complexity index is 826. The predicted molar refractivity (Wildman–Crippen MR) is 114 cm³/mol. The number of carbonyl (C=O) groups excluding carboxylic acids is 2. The van der Waals surface area contributed by atoms with Gasteiger partial charge in [-0.15, -0.1) is 0 Å². The highest BCUT2D eigenvalue weighted by Gasteiger charge is 2.24. The van der Waals surface area contributed by atoms with Crippen LogP contribution in [0.4, 0.5) is 0 Å². The average Bonchev–Trinajstić information content (AvgIpc) is 2.67. The third kappa shape index (κ3) is 7.58. The number of amides is 2. The molecule has 168 valence electrons. The Labute approximate surface area is 178 Å². The van der Waals surface area contributed by atoms with E-state index in [1.807, 2.05) is 25.7 Å². The minimum Gasteiger partial charge on any atom is -0.497 e. The molecule has 1 aliphatic rings. The molecule has 0 atom stereocenters. The number of hydrogen-bond acceptors (Lipinski definition) is 6. The first-order valence-corrected chi connectivity index (χ1v) is 11.4. The van der Waals surface area contributed by atoms with Crippen LogP contribution >= 0.6 is 0 Å². The van der Waals surface area contributed by atoms with Crippen LogP contribution < -0.4 is 14.8 Å². The van der Waals surface area contributed by atoms with Crippen molar-refractivity contribution in [3.8, 4) is 5.75 Å². The average molecular weight is 441 g/mol. The number of methoxy groups -OCH3 is 1. The Morgan fingerprint density at radius 2 is 1.67 bits per heavy atom. The number of piperazine rings is 1. The first-order valence-electron chi connectivity index (χ1n) is 9.95. The second-order valence-electron chi connectivity index (χ2n) is 8.28. The molecular weight excluding hydrogens is 408 g/mol. The van der Waals surface area contributed by atoms with E-state index >= 15 is 0 Å². The molecule has 10 heteroatoms. The van der Waals surface area contributed by atoms with Gasteiger partial charge in [0.15, 0.2) is 0 Å². The lowest BCUT2D eigenvalue weighted by Crippen LogP contribution is -2.53. The van der Waals surface area contributed by atoms with Crippen LogP contribution in [0.3, 0.4) is 0 Å². The third-order valence-corrected chi connectivity index (χ3v) is 6.08. The van der Waals surface area contributed by atoms with Crippen LogP contribution in [0.5, 0.6) is 5.75 Å². The summed E-state index contributed by atoms with van der Waals surface area (Å²) in [5, 5.41) is 2.93. The van der Waals surface area contributed by atoms with Gasteiger partial charge in [-0.3, -0.25) is 14.5 Å². The zero-order valence-corrected chi connectivity index (χ0v) is 18.9. The predicted octanol–water partition coefficient (Wildman–Crippen LogP) is 0.423. The molecule has 0 bridgehead atoms. The van der Waals surface area contributed by atoms with Crippen molar-refractivity contribution in [1.29, 1.82) is 0 Å². The van der Waals surface area contributed by atoms with Gasteiger partial charge in [-0.1, -0.05) is 0 Å². The Morgan fingerprint density at radius 3 is 2.20 bits per heavy atom. The van der Waals surface area contributed by atoms with Gasteiger partial charge in [-0.2, -0.15) is 0 Å². The first-order chi connectivity index (χ1) is 14.0. The number of sulfonamides is 1. The number of hydrogen-bond donors (Lipinski definition) is 2. The zero-order valence-electron chi connectivity index (χ0n) is 18.1. The second-order valence-corrected chi connectivity index (χ2v) is 10.0. The molecular formula is C20H32N4O5S. The lowest BCUT2D eigenvalue weighted by Gasteiger charge is -2.35. The maximum Gasteiger partial charge on any atom is 0.240 e. The molecule has 1 aromatic rings. The summed E-state index contributed by atoms with van der Waals surface area (Å²) in [6.45, 7) is 8.41. The van der Waals surface area contributed by atoms with Gasteiger partial charge in [0.05, 0.1) is 18.6 Å². The summed E-state index contributed by atoms with van der Waals surface area (Å²) in [6, 6.07) is 6.05. The van der Waals surface area contributed by atoms with Crippen molar-refractivity contribution < 1.29 is 22.7 Å². The highest BCUT2D eigenvalue weighted by molar-refractivity contribution is 7.89. The third-order valence-electron chi connectivity index (χ3n) is 4.61. The number of benzene rings is 1. The molecule has 0 aromatic heterocycles. The smallest absolute Gasteiger partial charge is 0.240 e. The molecule has 0 spiro atoms. The van der Waals surface area contributed by atoms with Gasteiger partial charge < -0.3 is 15.0 Å². The molecule has 1 fully saturated rings. The van der Waals surface area contributed by atoms with E-state index in [4.69, 9.17) is 4.74 Å². The fraction of sp³-hybridized carbons (Fsp3) is 0.600. The zero-order chi connectivity index (χ0) is 22.4. The van der Waals surface area contributed by atoms with E-state index in [0.717, 1.165) is 0 Å². The summed E-state index contributed by atoms with van der Waals surface area (Å²) >= 11 is 0. The van der Waals surface area contributed by atoms with Crippen LogP contribution in [0.1, 0.15) is 27.2 Å². The topological polar surface area (TPSA) is 108 Å². The fourth-order valence-corrected chi connectivity index (χ4v) is 4.14. The maximum absolute atomic E-state index is 12.4. The van der Waals surface area contributed by atoms with Crippen LogP contribution in [0.15, 0.2) is 29.2 Å². The van der Waals surface area contributed by atoms with Crippen LogP contribution in [0.25, 0.3) is 0 Å². The summed E-state index contributed by atoms with van der Waals surface area (Å²) in [6.07, 6.45) is 0.0832. The van der Waals surface area contributed by atoms with Crippen LogP contribution in [-0.2, 0) is 19.6 Å². The molecule has 9 nitrogen and oxygen atoms in total. The quantitative estimate of drug-likeness (QED) is 0.607. The number of nitrogens with zero attached hydrogens (tertiary/aromatic N) is 2. The van der Waals surface area contributed by atoms with Crippen LogP contribution in [0, 0.1) is 0 Å². The van der Waals surface area contributed by atoms with E-state index in [0.29, 0.717) is 38.5 Å². The molecule has 1 aliphatic heterocycles. The van der Waals surface area contributed by atoms with Gasteiger partial charge >= 0.3 is 0 Å². The van der Waals surface area contributed by atoms with Crippen molar-refractivity contribution in [2.75, 3.05) is 46.4 Å². The Morgan fingerprint density at radius 1 is 1.07 bits per heavy atom. The Hall–Kier alpha value is -2.17. The van der Waals surface area contributed by atoms with E-state index < -0.39 is 10.0 Å². The van der Waals surface area contributed by atoms with Crippen LogP contribution in [-0.4, -0.2) is 81.9 Å². The van der Waals surface area contributed by atoms with Crippen molar-refractivity contribution in [3.63, 3.8) is 0 Å². The van der Waals surface area contributed by atoms with Crippen LogP contribution in [0.2, 0.25) is 0 Å². The SMILES string of the molecule is COc1ccc(S(=O)(=O)NCCC(=O)N2CCN(CC(=O)NC(C)(C)C)CC2)cc1. The van der Waals surface area contributed by atoms with E-state index in [9.17, 15) is 18.0 Å².